The van der Waals surface area contributed by atoms with Gasteiger partial charge in [-0.15, -0.1) is 0 Å². The molecule has 1 atom stereocenters. The predicted octanol–water partition coefficient (Wildman–Crippen LogP) is 1.15. The van der Waals surface area contributed by atoms with E-state index in [1.807, 2.05) is 6.92 Å². The van der Waals surface area contributed by atoms with Gasteiger partial charge in [-0.3, -0.25) is 14.5 Å². The predicted molar refractivity (Wildman–Crippen MR) is 95.6 cm³/mol. The van der Waals surface area contributed by atoms with Crippen LogP contribution in [0, 0.1) is 0 Å². The first-order valence-electron chi connectivity index (χ1n) is 8.85. The number of likely N-dealkylation sites (N-methyl/N-ethyl adjacent to an activating group) is 1. The number of carbonyl (C=O) groups is 2. The van der Waals surface area contributed by atoms with Gasteiger partial charge in [-0.2, -0.15) is 0 Å². The molecule has 0 spiro atoms. The zero-order valence-electron chi connectivity index (χ0n) is 15.3. The fourth-order valence-corrected chi connectivity index (χ4v) is 3.07. The van der Waals surface area contributed by atoms with E-state index in [0.717, 1.165) is 32.4 Å². The second-order valence-electron chi connectivity index (χ2n) is 6.33. The maximum absolute atomic E-state index is 12.3. The molecule has 0 saturated carbocycles. The molecule has 0 radical (unpaired) electrons. The average Bonchev–Trinajstić information content (AvgIpc) is 3.07. The second-order valence-corrected chi connectivity index (χ2v) is 6.33. The van der Waals surface area contributed by atoms with E-state index < -0.39 is 0 Å². The summed E-state index contributed by atoms with van der Waals surface area (Å²) in [5.74, 6) is 0.343. The van der Waals surface area contributed by atoms with Crippen LogP contribution < -0.4 is 10.1 Å². The van der Waals surface area contributed by atoms with Gasteiger partial charge in [0.25, 0.3) is 5.91 Å². The van der Waals surface area contributed by atoms with Crippen molar-refractivity contribution in [3.63, 3.8) is 0 Å². The van der Waals surface area contributed by atoms with Crippen molar-refractivity contribution >= 4 is 11.8 Å². The van der Waals surface area contributed by atoms with E-state index in [4.69, 9.17) is 4.74 Å². The van der Waals surface area contributed by atoms with Gasteiger partial charge in [0.2, 0.25) is 11.8 Å². The van der Waals surface area contributed by atoms with Crippen LogP contribution >= 0.6 is 0 Å². The van der Waals surface area contributed by atoms with Crippen molar-refractivity contribution in [2.75, 3.05) is 40.3 Å². The number of rotatable bonds is 8. The lowest BCUT2D eigenvalue weighted by molar-refractivity contribution is -0.133. The summed E-state index contributed by atoms with van der Waals surface area (Å²) in [6.45, 7) is 4.62. The first kappa shape index (κ1) is 19.2. The lowest BCUT2D eigenvalue weighted by atomic mass is 10.2. The molecule has 1 aromatic heterocycles. The van der Waals surface area contributed by atoms with E-state index in [1.165, 1.54) is 0 Å². The van der Waals surface area contributed by atoms with Crippen LogP contribution in [0.25, 0.3) is 0 Å². The van der Waals surface area contributed by atoms with Crippen LogP contribution in [0.5, 0.6) is 5.88 Å². The fraction of sp³-hybridized carbons (Fsp3) is 0.611. The molecule has 1 aromatic rings. The van der Waals surface area contributed by atoms with E-state index in [9.17, 15) is 9.59 Å². The Kier molecular flexibility index (Phi) is 7.18. The lowest BCUT2D eigenvalue weighted by Crippen LogP contribution is -2.43. The molecule has 7 nitrogen and oxygen atoms in total. The molecule has 25 heavy (non-hydrogen) atoms. The summed E-state index contributed by atoms with van der Waals surface area (Å²) < 4.78 is 5.39. The molecule has 2 amide bonds. The number of nitrogens with one attached hydrogen (secondary N) is 1. The Hall–Kier alpha value is -2.15. The number of hydrogen-bond acceptors (Lipinski definition) is 5. The zero-order chi connectivity index (χ0) is 18.2. The smallest absolute Gasteiger partial charge is 0.256 e. The van der Waals surface area contributed by atoms with Gasteiger partial charge in [0.1, 0.15) is 5.56 Å². The number of aromatic nitrogens is 1. The molecule has 7 heteroatoms. The van der Waals surface area contributed by atoms with E-state index in [-0.39, 0.29) is 17.9 Å². The molecule has 1 aliphatic heterocycles. The SMILES string of the molecule is CCOc1ncccc1C(=O)NCCCN1CCCC1C(=O)N(C)C. The molecule has 0 aromatic carbocycles. The van der Waals surface area contributed by atoms with Crippen LogP contribution in [0.1, 0.15) is 36.5 Å². The number of carbonyl (C=O) groups excluding carboxylic acids is 2. The summed E-state index contributed by atoms with van der Waals surface area (Å²) >= 11 is 0. The van der Waals surface area contributed by atoms with Gasteiger partial charge in [0.05, 0.1) is 12.6 Å². The third kappa shape index (κ3) is 5.16. The number of amides is 2. The van der Waals surface area contributed by atoms with E-state index >= 15 is 0 Å². The summed E-state index contributed by atoms with van der Waals surface area (Å²) in [4.78, 5) is 32.4. The molecular formula is C18H28N4O3. The molecule has 0 bridgehead atoms. The van der Waals surface area contributed by atoms with Crippen LogP contribution in [-0.4, -0.2) is 73.0 Å². The van der Waals surface area contributed by atoms with Crippen molar-refractivity contribution in [2.45, 2.75) is 32.2 Å². The van der Waals surface area contributed by atoms with Crippen molar-refractivity contribution in [1.29, 1.82) is 0 Å². The van der Waals surface area contributed by atoms with E-state index in [2.05, 4.69) is 15.2 Å². The number of ether oxygens (including phenoxy) is 1. The Bertz CT molecular complexity index is 591. The monoisotopic (exact) mass is 348 g/mol. The van der Waals surface area contributed by atoms with Crippen LogP contribution in [0.4, 0.5) is 0 Å². The second kappa shape index (κ2) is 9.36. The van der Waals surface area contributed by atoms with Gasteiger partial charge < -0.3 is 15.0 Å². The third-order valence-corrected chi connectivity index (χ3v) is 4.29. The number of nitrogens with zero attached hydrogens (tertiary/aromatic N) is 3. The van der Waals surface area contributed by atoms with Gasteiger partial charge in [-0.25, -0.2) is 4.98 Å². The van der Waals surface area contributed by atoms with Crippen LogP contribution in [-0.2, 0) is 4.79 Å². The normalized spacial score (nSPS) is 17.3. The molecule has 1 fully saturated rings. The maximum atomic E-state index is 12.3. The Morgan fingerprint density at radius 2 is 2.24 bits per heavy atom. The average molecular weight is 348 g/mol. The highest BCUT2D eigenvalue weighted by molar-refractivity contribution is 5.96. The van der Waals surface area contributed by atoms with Crippen LogP contribution in [0.3, 0.4) is 0 Å². The minimum atomic E-state index is -0.182. The minimum absolute atomic E-state index is 0.0198. The molecule has 1 aliphatic rings. The van der Waals surface area contributed by atoms with Gasteiger partial charge in [-0.05, 0) is 44.9 Å². The summed E-state index contributed by atoms with van der Waals surface area (Å²) in [6.07, 6.45) is 4.37. The van der Waals surface area contributed by atoms with Crippen molar-refractivity contribution in [1.82, 2.24) is 20.1 Å². The molecule has 2 rings (SSSR count). The quantitative estimate of drug-likeness (QED) is 0.714. The van der Waals surface area contributed by atoms with Crippen molar-refractivity contribution in [2.24, 2.45) is 0 Å². The van der Waals surface area contributed by atoms with Gasteiger partial charge in [-0.1, -0.05) is 0 Å². The highest BCUT2D eigenvalue weighted by Crippen LogP contribution is 2.19. The highest BCUT2D eigenvalue weighted by atomic mass is 16.5. The Morgan fingerprint density at radius 1 is 1.44 bits per heavy atom. The van der Waals surface area contributed by atoms with Crippen molar-refractivity contribution in [3.8, 4) is 5.88 Å². The topological polar surface area (TPSA) is 74.8 Å². The van der Waals surface area contributed by atoms with Crippen molar-refractivity contribution < 1.29 is 14.3 Å². The van der Waals surface area contributed by atoms with Crippen LogP contribution in [0.2, 0.25) is 0 Å². The third-order valence-electron chi connectivity index (χ3n) is 4.29. The molecule has 1 N–H and O–H groups in total. The first-order chi connectivity index (χ1) is 12.0. The zero-order valence-corrected chi connectivity index (χ0v) is 15.3. The largest absolute Gasteiger partial charge is 0.477 e. The first-order valence-corrected chi connectivity index (χ1v) is 8.85. The van der Waals surface area contributed by atoms with Gasteiger partial charge in [0.15, 0.2) is 0 Å². The molecule has 1 saturated heterocycles. The summed E-state index contributed by atoms with van der Waals surface area (Å²) in [5, 5.41) is 2.91. The number of hydrogen-bond donors (Lipinski definition) is 1. The number of likely N-dealkylation sites (tertiary alicyclic amines) is 1. The molecule has 2 heterocycles. The standard InChI is InChI=1S/C18H28N4O3/c1-4-25-17-14(8-5-10-20-17)16(23)19-11-7-13-22-12-6-9-15(22)18(24)21(2)3/h5,8,10,15H,4,6-7,9,11-13H2,1-3H3,(H,19,23). The van der Waals surface area contributed by atoms with Crippen LogP contribution in [0.15, 0.2) is 18.3 Å². The summed E-state index contributed by atoms with van der Waals surface area (Å²) in [5.41, 5.74) is 0.450. The molecular weight excluding hydrogens is 320 g/mol. The maximum Gasteiger partial charge on any atom is 0.256 e. The summed E-state index contributed by atoms with van der Waals surface area (Å²) in [7, 11) is 3.59. The lowest BCUT2D eigenvalue weighted by Gasteiger charge is -2.26. The Balaban J connectivity index is 1.79. The van der Waals surface area contributed by atoms with E-state index in [0.29, 0.717) is 24.6 Å². The van der Waals surface area contributed by atoms with E-state index in [1.54, 1.807) is 37.3 Å². The summed E-state index contributed by atoms with van der Waals surface area (Å²) in [6, 6.07) is 3.41. The highest BCUT2D eigenvalue weighted by Gasteiger charge is 2.31. The fourth-order valence-electron chi connectivity index (χ4n) is 3.07. The van der Waals surface area contributed by atoms with Gasteiger partial charge >= 0.3 is 0 Å². The minimum Gasteiger partial charge on any atom is -0.477 e. The number of pyridine rings is 1. The Morgan fingerprint density at radius 3 is 2.96 bits per heavy atom. The van der Waals surface area contributed by atoms with Gasteiger partial charge in [0, 0.05) is 33.4 Å². The Labute approximate surface area is 149 Å². The van der Waals surface area contributed by atoms with Crippen molar-refractivity contribution in [3.05, 3.63) is 23.9 Å². The molecule has 1 unspecified atom stereocenters. The molecule has 0 aliphatic carbocycles. The molecule has 138 valence electrons.